The van der Waals surface area contributed by atoms with E-state index in [1.165, 1.54) is 0 Å². The van der Waals surface area contributed by atoms with Gasteiger partial charge in [-0.2, -0.15) is 5.26 Å². The van der Waals surface area contributed by atoms with E-state index in [9.17, 15) is 5.26 Å². The molecule has 0 aliphatic rings. The number of aromatic nitrogens is 4. The first-order valence-electron chi connectivity index (χ1n) is 9.01. The molecular formula is C22H18N6O. The first-order valence-corrected chi connectivity index (χ1v) is 9.01. The number of pyridine rings is 1. The molecule has 2 N–H and O–H groups in total. The van der Waals surface area contributed by atoms with Crippen LogP contribution in [0.3, 0.4) is 0 Å². The molecule has 0 aliphatic heterocycles. The molecule has 29 heavy (non-hydrogen) atoms. The smallest absolute Gasteiger partial charge is 0.189 e. The van der Waals surface area contributed by atoms with Crippen LogP contribution in [0.25, 0.3) is 34.0 Å². The number of nitrogens with two attached hydrogens (primary N) is 1. The van der Waals surface area contributed by atoms with E-state index >= 15 is 0 Å². The minimum absolute atomic E-state index is 0.246. The fourth-order valence-electron chi connectivity index (χ4n) is 2.84. The minimum Gasteiger partial charge on any atom is -0.382 e. The Morgan fingerprint density at radius 1 is 1.00 bits per heavy atom. The van der Waals surface area contributed by atoms with E-state index in [0.29, 0.717) is 28.5 Å². The monoisotopic (exact) mass is 382 g/mol. The molecule has 1 aromatic carbocycles. The van der Waals surface area contributed by atoms with Crippen LogP contribution in [0.1, 0.15) is 19.5 Å². The van der Waals surface area contributed by atoms with Crippen molar-refractivity contribution < 1.29 is 4.52 Å². The zero-order valence-electron chi connectivity index (χ0n) is 16.0. The number of benzene rings is 1. The molecule has 3 heterocycles. The lowest BCUT2D eigenvalue weighted by molar-refractivity contribution is 0.434. The maximum absolute atomic E-state index is 9.38. The molecule has 7 heteroatoms. The Hall–Kier alpha value is -4.05. The third-order valence-corrected chi connectivity index (χ3v) is 4.59. The Bertz CT molecular complexity index is 1210. The highest BCUT2D eigenvalue weighted by Gasteiger charge is 2.22. The summed E-state index contributed by atoms with van der Waals surface area (Å²) in [5, 5.41) is 13.5. The highest BCUT2D eigenvalue weighted by atomic mass is 16.5. The van der Waals surface area contributed by atoms with Gasteiger partial charge in [0.15, 0.2) is 17.3 Å². The lowest BCUT2D eigenvalue weighted by atomic mass is 9.90. The summed E-state index contributed by atoms with van der Waals surface area (Å²) < 4.78 is 5.48. The highest BCUT2D eigenvalue weighted by molar-refractivity contribution is 5.73. The van der Waals surface area contributed by atoms with Crippen LogP contribution < -0.4 is 5.73 Å². The van der Waals surface area contributed by atoms with Gasteiger partial charge in [-0.3, -0.25) is 4.98 Å². The summed E-state index contributed by atoms with van der Waals surface area (Å²) in [5.74, 6) is 0.679. The molecule has 0 saturated carbocycles. The molecule has 0 radical (unpaired) electrons. The van der Waals surface area contributed by atoms with E-state index in [2.05, 4.69) is 26.2 Å². The largest absolute Gasteiger partial charge is 0.382 e. The van der Waals surface area contributed by atoms with Gasteiger partial charge in [-0.05, 0) is 26.0 Å². The molecule has 0 bridgehead atoms. The maximum Gasteiger partial charge on any atom is 0.189 e. The number of hydrogen-bond acceptors (Lipinski definition) is 7. The quantitative estimate of drug-likeness (QED) is 0.561. The predicted octanol–water partition coefficient (Wildman–Crippen LogP) is 4.24. The number of nitriles is 1. The van der Waals surface area contributed by atoms with Crippen molar-refractivity contribution in [2.24, 2.45) is 0 Å². The van der Waals surface area contributed by atoms with Gasteiger partial charge in [0.05, 0.1) is 29.1 Å². The summed E-state index contributed by atoms with van der Waals surface area (Å²) in [4.78, 5) is 13.2. The van der Waals surface area contributed by atoms with E-state index in [-0.39, 0.29) is 5.82 Å². The van der Waals surface area contributed by atoms with E-state index in [1.54, 1.807) is 18.5 Å². The van der Waals surface area contributed by atoms with Gasteiger partial charge in [-0.1, -0.05) is 35.5 Å². The summed E-state index contributed by atoms with van der Waals surface area (Å²) >= 11 is 0. The van der Waals surface area contributed by atoms with E-state index in [0.717, 1.165) is 11.1 Å². The van der Waals surface area contributed by atoms with Crippen molar-refractivity contribution in [2.75, 3.05) is 5.73 Å². The molecular weight excluding hydrogens is 364 g/mol. The van der Waals surface area contributed by atoms with Crippen LogP contribution in [-0.4, -0.2) is 20.1 Å². The molecule has 4 rings (SSSR count). The van der Waals surface area contributed by atoms with Crippen molar-refractivity contribution in [1.82, 2.24) is 20.1 Å². The Balaban J connectivity index is 1.74. The zero-order valence-corrected chi connectivity index (χ0v) is 16.0. The van der Waals surface area contributed by atoms with Crippen LogP contribution in [0.2, 0.25) is 0 Å². The molecule has 4 aromatic rings. The normalized spacial score (nSPS) is 11.2. The van der Waals surface area contributed by atoms with Crippen molar-refractivity contribution >= 4 is 5.82 Å². The van der Waals surface area contributed by atoms with Crippen LogP contribution in [0.15, 0.2) is 65.4 Å². The lowest BCUT2D eigenvalue weighted by Gasteiger charge is -2.15. The number of rotatable bonds is 4. The number of nitrogen functional groups attached to an aromatic ring is 1. The van der Waals surface area contributed by atoms with E-state index in [1.807, 2.05) is 56.3 Å². The molecule has 3 aromatic heterocycles. The van der Waals surface area contributed by atoms with Gasteiger partial charge in [0.1, 0.15) is 5.69 Å². The van der Waals surface area contributed by atoms with Crippen LogP contribution >= 0.6 is 0 Å². The zero-order chi connectivity index (χ0) is 20.4. The fraction of sp³-hybridized carbons (Fsp3) is 0.136. The summed E-state index contributed by atoms with van der Waals surface area (Å²) in [5.41, 5.74) is 9.42. The molecule has 0 fully saturated rings. The van der Waals surface area contributed by atoms with E-state index in [4.69, 9.17) is 10.3 Å². The average molecular weight is 382 g/mol. The van der Waals surface area contributed by atoms with Crippen molar-refractivity contribution in [3.8, 4) is 40.0 Å². The molecule has 7 nitrogen and oxygen atoms in total. The lowest BCUT2D eigenvalue weighted by Crippen LogP contribution is -2.15. The minimum atomic E-state index is -0.713. The van der Waals surface area contributed by atoms with Gasteiger partial charge >= 0.3 is 0 Å². The van der Waals surface area contributed by atoms with Crippen LogP contribution in [-0.2, 0) is 5.41 Å². The predicted molar refractivity (Wildman–Crippen MR) is 109 cm³/mol. The first kappa shape index (κ1) is 18.3. The molecule has 0 amide bonds. The maximum atomic E-state index is 9.38. The Labute approximate surface area is 167 Å². The molecule has 0 aliphatic carbocycles. The highest BCUT2D eigenvalue weighted by Crippen LogP contribution is 2.30. The van der Waals surface area contributed by atoms with Crippen molar-refractivity contribution in [3.63, 3.8) is 0 Å². The van der Waals surface area contributed by atoms with E-state index < -0.39 is 5.41 Å². The van der Waals surface area contributed by atoms with Crippen LogP contribution in [0.5, 0.6) is 0 Å². The van der Waals surface area contributed by atoms with Crippen LogP contribution in [0.4, 0.5) is 5.82 Å². The topological polar surface area (TPSA) is 115 Å². The Morgan fingerprint density at radius 3 is 2.55 bits per heavy atom. The summed E-state index contributed by atoms with van der Waals surface area (Å²) in [6, 6.07) is 17.4. The summed E-state index contributed by atoms with van der Waals surface area (Å²) in [6.45, 7) is 3.64. The summed E-state index contributed by atoms with van der Waals surface area (Å²) in [6.07, 6.45) is 3.25. The third kappa shape index (κ3) is 3.56. The van der Waals surface area contributed by atoms with Crippen molar-refractivity contribution in [1.29, 1.82) is 5.26 Å². The number of hydrogen-bond donors (Lipinski definition) is 1. The number of nitrogens with zero attached hydrogens (tertiary/aromatic N) is 5. The van der Waals surface area contributed by atoms with Gasteiger partial charge in [0.2, 0.25) is 0 Å². The Morgan fingerprint density at radius 2 is 1.79 bits per heavy atom. The van der Waals surface area contributed by atoms with Gasteiger partial charge in [-0.25, -0.2) is 9.97 Å². The average Bonchev–Trinajstić information content (AvgIpc) is 3.25. The fourth-order valence-corrected chi connectivity index (χ4v) is 2.84. The van der Waals surface area contributed by atoms with Crippen LogP contribution in [0, 0.1) is 11.3 Å². The SMILES string of the molecule is CC(C)(C#N)c1cc(-c2cnc(N)c(-c3cc(-c4ccccc4)no3)n2)ccn1. The van der Waals surface area contributed by atoms with Gasteiger partial charge in [-0.15, -0.1) is 0 Å². The second-order valence-corrected chi connectivity index (χ2v) is 7.10. The van der Waals surface area contributed by atoms with Gasteiger partial charge in [0.25, 0.3) is 0 Å². The second kappa shape index (κ2) is 7.17. The molecule has 0 atom stereocenters. The molecule has 0 spiro atoms. The summed E-state index contributed by atoms with van der Waals surface area (Å²) in [7, 11) is 0. The molecule has 0 unspecified atom stereocenters. The molecule has 142 valence electrons. The van der Waals surface area contributed by atoms with Crippen molar-refractivity contribution in [3.05, 3.63) is 66.6 Å². The van der Waals surface area contributed by atoms with Gasteiger partial charge in [0, 0.05) is 23.4 Å². The standard InChI is InChI=1S/C22H18N6O/c1-22(2,13-23)19-10-15(8-9-25-19)17-12-26-21(24)20(27-17)18-11-16(28-29-18)14-6-4-3-5-7-14/h3-12H,1-2H3,(H2,24,26). The van der Waals surface area contributed by atoms with Crippen molar-refractivity contribution in [2.45, 2.75) is 19.3 Å². The first-order chi connectivity index (χ1) is 14.0. The molecule has 0 saturated heterocycles. The van der Waals surface area contributed by atoms with Gasteiger partial charge < -0.3 is 10.3 Å². The number of anilines is 1. The second-order valence-electron chi connectivity index (χ2n) is 7.10. The third-order valence-electron chi connectivity index (χ3n) is 4.59. The Kier molecular flexibility index (Phi) is 4.53.